The molecule has 118 valence electrons. The van der Waals surface area contributed by atoms with Crippen molar-refractivity contribution >= 4 is 17.0 Å². The maximum atomic E-state index is 5.19. The molecular weight excluding hydrogens is 304 g/mol. The van der Waals surface area contributed by atoms with Crippen molar-refractivity contribution in [1.29, 1.82) is 0 Å². The lowest BCUT2D eigenvalue weighted by Crippen LogP contribution is -2.14. The van der Waals surface area contributed by atoms with Crippen molar-refractivity contribution in [3.05, 3.63) is 64.3 Å². The van der Waals surface area contributed by atoms with Crippen molar-refractivity contribution in [3.63, 3.8) is 0 Å². The van der Waals surface area contributed by atoms with E-state index in [4.69, 9.17) is 9.73 Å². The number of nitrogens with zero attached hydrogens (tertiary/aromatic N) is 2. The first-order valence-corrected chi connectivity index (χ1v) is 8.53. The predicted molar refractivity (Wildman–Crippen MR) is 96.4 cm³/mol. The van der Waals surface area contributed by atoms with Gasteiger partial charge in [-0.2, -0.15) is 0 Å². The summed E-state index contributed by atoms with van der Waals surface area (Å²) in [5.74, 6) is 0.846. The number of ether oxygens (including phenoxy) is 1. The molecule has 0 aliphatic carbocycles. The zero-order chi connectivity index (χ0) is 16.2. The highest BCUT2D eigenvalue weighted by molar-refractivity contribution is 7.07. The zero-order valence-corrected chi connectivity index (χ0v) is 14.4. The van der Waals surface area contributed by atoms with Crippen LogP contribution in [0.3, 0.4) is 0 Å². The summed E-state index contributed by atoms with van der Waals surface area (Å²) in [6, 6.07) is 16.4. The van der Waals surface area contributed by atoms with Crippen molar-refractivity contribution in [3.8, 4) is 17.0 Å². The van der Waals surface area contributed by atoms with Crippen molar-refractivity contribution < 1.29 is 4.74 Å². The van der Waals surface area contributed by atoms with Crippen LogP contribution in [0, 0.1) is 6.92 Å². The van der Waals surface area contributed by atoms with E-state index >= 15 is 0 Å². The summed E-state index contributed by atoms with van der Waals surface area (Å²) in [6.45, 7) is 5.15. The van der Waals surface area contributed by atoms with E-state index in [0.29, 0.717) is 0 Å². The quantitative estimate of drug-likeness (QED) is 0.678. The van der Waals surface area contributed by atoms with Crippen LogP contribution in [-0.2, 0) is 6.54 Å². The fourth-order valence-corrected chi connectivity index (χ4v) is 3.44. The minimum atomic E-state index is 0.846. The Morgan fingerprint density at radius 2 is 1.74 bits per heavy atom. The average molecular weight is 324 g/mol. The van der Waals surface area contributed by atoms with E-state index in [-0.39, 0.29) is 0 Å². The molecule has 0 saturated carbocycles. The molecule has 0 aliphatic heterocycles. The number of hydrogen-bond acceptors (Lipinski definition) is 3. The number of benzene rings is 2. The Labute approximate surface area is 140 Å². The van der Waals surface area contributed by atoms with Crippen LogP contribution in [0.1, 0.15) is 12.5 Å². The van der Waals surface area contributed by atoms with E-state index in [1.54, 1.807) is 18.4 Å². The summed E-state index contributed by atoms with van der Waals surface area (Å²) in [5, 5.41) is 2.18. The van der Waals surface area contributed by atoms with Crippen molar-refractivity contribution in [2.45, 2.75) is 20.4 Å². The van der Waals surface area contributed by atoms with Crippen molar-refractivity contribution in [1.82, 2.24) is 4.57 Å². The lowest BCUT2D eigenvalue weighted by atomic mass is 10.1. The number of thiazole rings is 1. The molecule has 0 amide bonds. The number of rotatable bonds is 4. The average Bonchev–Trinajstić information content (AvgIpc) is 2.99. The molecule has 0 saturated heterocycles. The Hall–Kier alpha value is -2.33. The molecule has 2 aromatic carbocycles. The van der Waals surface area contributed by atoms with Gasteiger partial charge in [0.1, 0.15) is 5.75 Å². The van der Waals surface area contributed by atoms with Gasteiger partial charge in [-0.15, -0.1) is 11.3 Å². The van der Waals surface area contributed by atoms with Crippen LogP contribution in [0.4, 0.5) is 5.69 Å². The van der Waals surface area contributed by atoms with Crippen molar-refractivity contribution in [2.75, 3.05) is 7.11 Å². The number of hydrogen-bond donors (Lipinski definition) is 0. The molecule has 3 rings (SSSR count). The maximum Gasteiger partial charge on any atom is 0.190 e. The normalized spacial score (nSPS) is 11.7. The summed E-state index contributed by atoms with van der Waals surface area (Å²) >= 11 is 1.67. The van der Waals surface area contributed by atoms with Crippen LogP contribution in [-0.4, -0.2) is 11.7 Å². The first-order chi connectivity index (χ1) is 11.2. The lowest BCUT2D eigenvalue weighted by Gasteiger charge is -2.06. The molecular formula is C19H20N2OS. The van der Waals surface area contributed by atoms with Gasteiger partial charge in [0.2, 0.25) is 0 Å². The second-order valence-electron chi connectivity index (χ2n) is 5.32. The van der Waals surface area contributed by atoms with E-state index in [1.807, 2.05) is 24.3 Å². The minimum Gasteiger partial charge on any atom is -0.497 e. The highest BCUT2D eigenvalue weighted by Crippen LogP contribution is 2.22. The Kier molecular flexibility index (Phi) is 4.63. The molecule has 0 aliphatic rings. The van der Waals surface area contributed by atoms with Crippen LogP contribution < -0.4 is 9.54 Å². The smallest absolute Gasteiger partial charge is 0.190 e. The molecule has 1 heterocycles. The Balaban J connectivity index is 2.03. The van der Waals surface area contributed by atoms with Gasteiger partial charge in [-0.3, -0.25) is 0 Å². The van der Waals surface area contributed by atoms with Crippen LogP contribution in [0.15, 0.2) is 58.9 Å². The van der Waals surface area contributed by atoms with Gasteiger partial charge in [-0.05, 0) is 43.7 Å². The third kappa shape index (κ3) is 3.37. The Bertz CT molecular complexity index is 842. The van der Waals surface area contributed by atoms with Crippen LogP contribution >= 0.6 is 11.3 Å². The SMILES string of the molecule is CCn1c(-c2ccc(C)cc2)csc1=Nc1ccc(OC)cc1. The predicted octanol–water partition coefficient (Wildman–Crippen LogP) is 4.79. The molecule has 0 bridgehead atoms. The third-order valence-corrected chi connectivity index (χ3v) is 4.62. The summed E-state index contributed by atoms with van der Waals surface area (Å²) in [5.41, 5.74) is 4.65. The van der Waals surface area contributed by atoms with Gasteiger partial charge >= 0.3 is 0 Å². The second kappa shape index (κ2) is 6.84. The van der Waals surface area contributed by atoms with Crippen LogP contribution in [0.25, 0.3) is 11.3 Å². The molecule has 1 aromatic heterocycles. The summed E-state index contributed by atoms with van der Waals surface area (Å²) in [7, 11) is 1.67. The number of aromatic nitrogens is 1. The van der Waals surface area contributed by atoms with E-state index < -0.39 is 0 Å². The van der Waals surface area contributed by atoms with Gasteiger partial charge in [0.15, 0.2) is 4.80 Å². The second-order valence-corrected chi connectivity index (χ2v) is 6.16. The number of methoxy groups -OCH3 is 1. The molecule has 3 nitrogen and oxygen atoms in total. The molecule has 0 radical (unpaired) electrons. The molecule has 3 aromatic rings. The maximum absolute atomic E-state index is 5.19. The highest BCUT2D eigenvalue weighted by Gasteiger charge is 2.06. The van der Waals surface area contributed by atoms with Gasteiger partial charge in [0, 0.05) is 11.9 Å². The first-order valence-electron chi connectivity index (χ1n) is 7.65. The topological polar surface area (TPSA) is 26.5 Å². The fourth-order valence-electron chi connectivity index (χ4n) is 2.45. The molecule has 4 heteroatoms. The third-order valence-electron chi connectivity index (χ3n) is 3.76. The van der Waals surface area contributed by atoms with Gasteiger partial charge < -0.3 is 9.30 Å². The molecule has 0 unspecified atom stereocenters. The highest BCUT2D eigenvalue weighted by atomic mass is 32.1. The largest absolute Gasteiger partial charge is 0.497 e. The monoisotopic (exact) mass is 324 g/mol. The summed E-state index contributed by atoms with van der Waals surface area (Å²) < 4.78 is 7.44. The zero-order valence-electron chi connectivity index (χ0n) is 13.6. The van der Waals surface area contributed by atoms with Gasteiger partial charge in [0.05, 0.1) is 18.5 Å². The van der Waals surface area contributed by atoms with E-state index in [2.05, 4.69) is 48.1 Å². The first kappa shape index (κ1) is 15.6. The molecule has 0 fully saturated rings. The number of aryl methyl sites for hydroxylation is 1. The minimum absolute atomic E-state index is 0.846. The van der Waals surface area contributed by atoms with Crippen LogP contribution in [0.5, 0.6) is 5.75 Å². The van der Waals surface area contributed by atoms with E-state index in [0.717, 1.165) is 22.8 Å². The van der Waals surface area contributed by atoms with Crippen LogP contribution in [0.2, 0.25) is 0 Å². The van der Waals surface area contributed by atoms with Gasteiger partial charge in [0.25, 0.3) is 0 Å². The molecule has 23 heavy (non-hydrogen) atoms. The lowest BCUT2D eigenvalue weighted by molar-refractivity contribution is 0.415. The standard InChI is InChI=1S/C19H20N2OS/c1-4-21-18(15-7-5-14(2)6-8-15)13-23-19(21)20-16-9-11-17(22-3)12-10-16/h5-13H,4H2,1-3H3. The fraction of sp³-hybridized carbons (Fsp3) is 0.211. The Morgan fingerprint density at radius 3 is 2.35 bits per heavy atom. The molecule has 0 spiro atoms. The van der Waals surface area contributed by atoms with Gasteiger partial charge in [-0.1, -0.05) is 29.8 Å². The molecule has 0 atom stereocenters. The van der Waals surface area contributed by atoms with E-state index in [9.17, 15) is 0 Å². The summed E-state index contributed by atoms with van der Waals surface area (Å²) in [6.07, 6.45) is 0. The van der Waals surface area contributed by atoms with E-state index in [1.165, 1.54) is 16.8 Å². The van der Waals surface area contributed by atoms with Gasteiger partial charge in [-0.25, -0.2) is 4.99 Å². The van der Waals surface area contributed by atoms with Crippen molar-refractivity contribution in [2.24, 2.45) is 4.99 Å². The molecule has 0 N–H and O–H groups in total. The Morgan fingerprint density at radius 1 is 1.04 bits per heavy atom. The summed E-state index contributed by atoms with van der Waals surface area (Å²) in [4.78, 5) is 5.78.